The Labute approximate surface area is 148 Å². The van der Waals surface area contributed by atoms with Crippen molar-refractivity contribution in [2.75, 3.05) is 18.1 Å². The highest BCUT2D eigenvalue weighted by molar-refractivity contribution is 7.17. The number of benzene rings is 1. The van der Waals surface area contributed by atoms with Crippen LogP contribution in [0.5, 0.6) is 0 Å². The average Bonchev–Trinajstić information content (AvgIpc) is 3.20. The number of carbonyl (C=O) groups excluding carboxylic acids is 1. The van der Waals surface area contributed by atoms with Crippen LogP contribution in [0, 0.1) is 6.92 Å². The molecule has 6 nitrogen and oxygen atoms in total. The van der Waals surface area contributed by atoms with Crippen LogP contribution < -0.4 is 10.6 Å². The Morgan fingerprint density at radius 1 is 1.44 bits per heavy atom. The monoisotopic (exact) mass is 354 g/mol. The van der Waals surface area contributed by atoms with E-state index < -0.39 is 5.91 Å². The molecule has 0 unspecified atom stereocenters. The van der Waals surface area contributed by atoms with Gasteiger partial charge in [-0.2, -0.15) is 0 Å². The molecule has 3 aromatic rings. The fourth-order valence-electron chi connectivity index (χ4n) is 3.06. The van der Waals surface area contributed by atoms with Gasteiger partial charge >= 0.3 is 0 Å². The lowest BCUT2D eigenvalue weighted by Gasteiger charge is -2.28. The molecule has 3 heterocycles. The highest BCUT2D eigenvalue weighted by atomic mass is 32.1. The highest BCUT2D eigenvalue weighted by Gasteiger charge is 2.23. The minimum absolute atomic E-state index is 0.434. The van der Waals surface area contributed by atoms with E-state index in [-0.39, 0.29) is 0 Å². The van der Waals surface area contributed by atoms with Gasteiger partial charge < -0.3 is 20.4 Å². The highest BCUT2D eigenvalue weighted by Crippen LogP contribution is 2.31. The summed E-state index contributed by atoms with van der Waals surface area (Å²) < 4.78 is 5.55. The van der Waals surface area contributed by atoms with Crippen molar-refractivity contribution in [2.45, 2.75) is 13.3 Å². The van der Waals surface area contributed by atoms with Crippen LogP contribution in [0.2, 0.25) is 0 Å². The second kappa shape index (κ2) is 6.25. The van der Waals surface area contributed by atoms with Crippen LogP contribution >= 0.6 is 11.3 Å². The molecule has 1 aliphatic heterocycles. The molecule has 1 aromatic carbocycles. The lowest BCUT2D eigenvalue weighted by atomic mass is 10.1. The number of carbonyl (C=O) groups is 1. The molecule has 0 radical (unpaired) electrons. The number of nitrogens with zero attached hydrogens (tertiary/aromatic N) is 2. The minimum Gasteiger partial charge on any atom is -0.498 e. The third kappa shape index (κ3) is 2.87. The number of aromatic amines is 1. The Morgan fingerprint density at radius 2 is 2.28 bits per heavy atom. The number of hydrogen-bond donors (Lipinski definition) is 2. The first-order valence-electron chi connectivity index (χ1n) is 8.04. The van der Waals surface area contributed by atoms with Crippen LogP contribution in [0.25, 0.3) is 10.9 Å². The number of hydrogen-bond acceptors (Lipinski definition) is 5. The maximum absolute atomic E-state index is 11.5. The van der Waals surface area contributed by atoms with Gasteiger partial charge in [0.15, 0.2) is 5.13 Å². The molecule has 128 valence electrons. The smallest absolute Gasteiger partial charge is 0.260 e. The molecule has 7 heteroatoms. The molecule has 1 aliphatic rings. The fraction of sp³-hybridized carbons (Fsp3) is 0.222. The molecule has 25 heavy (non-hydrogen) atoms. The SMILES string of the molecule is Cc1nc(N2CCOC=C2Cc2c[nH]c3ccccc23)sc1C(N)=O. The van der Waals surface area contributed by atoms with Gasteiger partial charge in [-0.1, -0.05) is 29.5 Å². The number of aryl methyl sites for hydroxylation is 1. The summed E-state index contributed by atoms with van der Waals surface area (Å²) in [6.45, 7) is 3.09. The van der Waals surface area contributed by atoms with Gasteiger partial charge in [-0.05, 0) is 18.6 Å². The normalized spacial score (nSPS) is 14.4. The number of nitrogens with one attached hydrogen (secondary N) is 1. The lowest BCUT2D eigenvalue weighted by molar-refractivity contribution is 0.100. The third-order valence-electron chi connectivity index (χ3n) is 4.29. The number of primary amides is 1. The predicted octanol–water partition coefficient (Wildman–Crippen LogP) is 2.95. The Hall–Kier alpha value is -2.80. The van der Waals surface area contributed by atoms with Crippen molar-refractivity contribution in [3.63, 3.8) is 0 Å². The number of rotatable bonds is 4. The van der Waals surface area contributed by atoms with E-state index in [1.165, 1.54) is 22.3 Å². The second-order valence-electron chi connectivity index (χ2n) is 5.94. The first-order chi connectivity index (χ1) is 12.1. The van der Waals surface area contributed by atoms with Crippen molar-refractivity contribution < 1.29 is 9.53 Å². The molecule has 0 saturated heterocycles. The first-order valence-corrected chi connectivity index (χ1v) is 8.85. The van der Waals surface area contributed by atoms with E-state index in [9.17, 15) is 4.79 Å². The summed E-state index contributed by atoms with van der Waals surface area (Å²) in [5.41, 5.74) is 9.43. The summed E-state index contributed by atoms with van der Waals surface area (Å²) in [4.78, 5) is 22.0. The molecule has 1 amide bonds. The number of allylic oxidation sites excluding steroid dienone is 1. The van der Waals surface area contributed by atoms with Crippen molar-refractivity contribution >= 4 is 33.3 Å². The van der Waals surface area contributed by atoms with Crippen LogP contribution in [0.15, 0.2) is 42.4 Å². The van der Waals surface area contributed by atoms with Crippen LogP contribution in [0.4, 0.5) is 5.13 Å². The van der Waals surface area contributed by atoms with E-state index in [1.54, 1.807) is 6.26 Å². The van der Waals surface area contributed by atoms with Gasteiger partial charge in [0.1, 0.15) is 17.7 Å². The second-order valence-corrected chi connectivity index (χ2v) is 6.92. The zero-order valence-corrected chi connectivity index (χ0v) is 14.6. The van der Waals surface area contributed by atoms with Crippen molar-refractivity contribution in [3.8, 4) is 0 Å². The van der Waals surface area contributed by atoms with E-state index in [4.69, 9.17) is 10.5 Å². The van der Waals surface area contributed by atoms with Gasteiger partial charge in [0, 0.05) is 23.5 Å². The summed E-state index contributed by atoms with van der Waals surface area (Å²) in [5.74, 6) is -0.434. The molecule has 2 aromatic heterocycles. The van der Waals surface area contributed by atoms with Gasteiger partial charge in [-0.3, -0.25) is 4.79 Å². The molecule has 0 fully saturated rings. The lowest BCUT2D eigenvalue weighted by Crippen LogP contribution is -2.31. The van der Waals surface area contributed by atoms with E-state index in [0.717, 1.165) is 16.3 Å². The fourth-order valence-corrected chi connectivity index (χ4v) is 4.04. The molecule has 0 saturated carbocycles. The molecule has 4 rings (SSSR count). The summed E-state index contributed by atoms with van der Waals surface area (Å²) in [7, 11) is 0. The maximum atomic E-state index is 11.5. The van der Waals surface area contributed by atoms with E-state index in [0.29, 0.717) is 30.1 Å². The van der Waals surface area contributed by atoms with Gasteiger partial charge in [0.25, 0.3) is 5.91 Å². The van der Waals surface area contributed by atoms with Crippen molar-refractivity contribution in [2.24, 2.45) is 5.73 Å². The Kier molecular flexibility index (Phi) is 3.93. The number of anilines is 1. The Balaban J connectivity index is 1.67. The number of H-pyrrole nitrogens is 1. The molecule has 0 bridgehead atoms. The molecule has 0 aliphatic carbocycles. The van der Waals surface area contributed by atoms with Crippen LogP contribution in [0.1, 0.15) is 20.9 Å². The Bertz CT molecular complexity index is 973. The number of amides is 1. The van der Waals surface area contributed by atoms with Gasteiger partial charge in [0.2, 0.25) is 0 Å². The number of fused-ring (bicyclic) bond motifs is 1. The van der Waals surface area contributed by atoms with Gasteiger partial charge in [0.05, 0.1) is 17.9 Å². The number of nitrogens with two attached hydrogens (primary N) is 1. The quantitative estimate of drug-likeness (QED) is 0.754. The molecule has 3 N–H and O–H groups in total. The van der Waals surface area contributed by atoms with E-state index >= 15 is 0 Å². The largest absolute Gasteiger partial charge is 0.498 e. The van der Waals surface area contributed by atoms with Crippen LogP contribution in [-0.2, 0) is 11.2 Å². The zero-order chi connectivity index (χ0) is 17.4. The van der Waals surface area contributed by atoms with Crippen LogP contribution in [-0.4, -0.2) is 29.0 Å². The summed E-state index contributed by atoms with van der Waals surface area (Å²) >= 11 is 1.33. The summed E-state index contributed by atoms with van der Waals surface area (Å²) in [6.07, 6.45) is 4.53. The Morgan fingerprint density at radius 3 is 3.08 bits per heavy atom. The van der Waals surface area contributed by atoms with Crippen molar-refractivity contribution in [1.29, 1.82) is 0 Å². The first kappa shape index (κ1) is 15.7. The topological polar surface area (TPSA) is 84.2 Å². The minimum atomic E-state index is -0.434. The number of aromatic nitrogens is 2. The summed E-state index contributed by atoms with van der Waals surface area (Å²) in [6, 6.07) is 8.22. The third-order valence-corrected chi connectivity index (χ3v) is 5.48. The maximum Gasteiger partial charge on any atom is 0.260 e. The standard InChI is InChI=1S/C18H18N4O2S/c1-11-16(17(19)23)25-18(21-11)22-6-7-24-10-13(22)8-12-9-20-15-5-3-2-4-14(12)15/h2-5,9-10,20H,6-8H2,1H3,(H2,19,23). The van der Waals surface area contributed by atoms with Crippen LogP contribution in [0.3, 0.4) is 0 Å². The number of ether oxygens (including phenoxy) is 1. The van der Waals surface area contributed by atoms with Gasteiger partial charge in [-0.15, -0.1) is 0 Å². The van der Waals surface area contributed by atoms with E-state index in [1.807, 2.05) is 25.3 Å². The average molecular weight is 354 g/mol. The zero-order valence-electron chi connectivity index (χ0n) is 13.8. The molecule has 0 spiro atoms. The molecule has 0 atom stereocenters. The van der Waals surface area contributed by atoms with E-state index in [2.05, 4.69) is 27.0 Å². The van der Waals surface area contributed by atoms with Crippen molar-refractivity contribution in [3.05, 3.63) is 58.6 Å². The molecular weight excluding hydrogens is 336 g/mol. The van der Waals surface area contributed by atoms with Gasteiger partial charge in [-0.25, -0.2) is 4.98 Å². The number of thiazole rings is 1. The van der Waals surface area contributed by atoms with Crippen molar-refractivity contribution in [1.82, 2.24) is 9.97 Å². The summed E-state index contributed by atoms with van der Waals surface area (Å²) in [5, 5.41) is 1.97. The predicted molar refractivity (Wildman–Crippen MR) is 98.8 cm³/mol. The molecular formula is C18H18N4O2S. The number of para-hydroxylation sites is 1.